The standard InChI is InChI=1S/C26H26N4O2S2/c1-17-8-10-19(11-9-17)16-30-25(32)21(34-26(30)33)14-20-23(28-12-5-6-18(2)15-28)27-22-7-3-4-13-29(22)24(20)31/h3-4,7-11,13-14,18H,5-6,12,15-16H2,1-2H3/b21-14+/t18-/m1/s1. The van der Waals surface area contributed by atoms with Gasteiger partial charge >= 0.3 is 0 Å². The first-order valence-corrected chi connectivity index (χ1v) is 12.7. The lowest BCUT2D eigenvalue weighted by Crippen LogP contribution is -2.37. The van der Waals surface area contributed by atoms with E-state index in [1.807, 2.05) is 49.4 Å². The number of thioether (sulfide) groups is 1. The number of nitrogens with zero attached hydrogens (tertiary/aromatic N) is 4. The van der Waals surface area contributed by atoms with E-state index in [1.54, 1.807) is 17.2 Å². The van der Waals surface area contributed by atoms with Gasteiger partial charge in [-0.1, -0.05) is 66.8 Å². The average molecular weight is 491 g/mol. The van der Waals surface area contributed by atoms with Gasteiger partial charge < -0.3 is 4.90 Å². The fraction of sp³-hybridized carbons (Fsp3) is 0.308. The number of rotatable bonds is 4. The summed E-state index contributed by atoms with van der Waals surface area (Å²) in [7, 11) is 0. The molecule has 1 amide bonds. The number of hydrogen-bond donors (Lipinski definition) is 0. The van der Waals surface area contributed by atoms with Gasteiger partial charge in [0.05, 0.1) is 17.0 Å². The fourth-order valence-electron chi connectivity index (χ4n) is 4.48. The third-order valence-corrected chi connectivity index (χ3v) is 7.69. The number of aromatic nitrogens is 2. The molecule has 34 heavy (non-hydrogen) atoms. The van der Waals surface area contributed by atoms with E-state index in [1.165, 1.54) is 16.2 Å². The van der Waals surface area contributed by atoms with Crippen LogP contribution in [0.4, 0.5) is 5.82 Å². The van der Waals surface area contributed by atoms with Crippen molar-refractivity contribution in [2.24, 2.45) is 5.92 Å². The largest absolute Gasteiger partial charge is 0.356 e. The van der Waals surface area contributed by atoms with Gasteiger partial charge in [0.25, 0.3) is 11.5 Å². The monoisotopic (exact) mass is 490 g/mol. The molecule has 2 aromatic heterocycles. The third-order valence-electron chi connectivity index (χ3n) is 6.32. The lowest BCUT2D eigenvalue weighted by Gasteiger charge is -2.32. The zero-order valence-corrected chi connectivity index (χ0v) is 20.9. The van der Waals surface area contributed by atoms with Crippen LogP contribution in [-0.4, -0.2) is 37.6 Å². The first kappa shape index (κ1) is 22.8. The van der Waals surface area contributed by atoms with Crippen LogP contribution < -0.4 is 10.5 Å². The predicted molar refractivity (Wildman–Crippen MR) is 142 cm³/mol. The molecular formula is C26H26N4O2S2. The Kier molecular flexibility index (Phi) is 6.27. The zero-order valence-electron chi connectivity index (χ0n) is 19.2. The molecule has 5 rings (SSSR count). The van der Waals surface area contributed by atoms with Gasteiger partial charge in [-0.15, -0.1) is 0 Å². The van der Waals surface area contributed by atoms with Crippen LogP contribution in [0, 0.1) is 12.8 Å². The molecule has 2 saturated heterocycles. The normalized spacial score (nSPS) is 20.1. The van der Waals surface area contributed by atoms with Crippen molar-refractivity contribution in [1.29, 1.82) is 0 Å². The van der Waals surface area contributed by atoms with Crippen LogP contribution >= 0.6 is 24.0 Å². The number of amides is 1. The first-order valence-electron chi connectivity index (χ1n) is 11.5. The highest BCUT2D eigenvalue weighted by molar-refractivity contribution is 8.26. The molecule has 0 N–H and O–H groups in total. The lowest BCUT2D eigenvalue weighted by molar-refractivity contribution is -0.122. The second-order valence-corrected chi connectivity index (χ2v) is 10.7. The molecular weight excluding hydrogens is 464 g/mol. The van der Waals surface area contributed by atoms with E-state index < -0.39 is 0 Å². The van der Waals surface area contributed by atoms with Crippen molar-refractivity contribution in [2.45, 2.75) is 33.2 Å². The maximum Gasteiger partial charge on any atom is 0.267 e. The minimum absolute atomic E-state index is 0.175. The van der Waals surface area contributed by atoms with Crippen molar-refractivity contribution >= 4 is 51.7 Å². The van der Waals surface area contributed by atoms with Crippen LogP contribution in [-0.2, 0) is 11.3 Å². The number of carbonyl (C=O) groups excluding carboxylic acids is 1. The van der Waals surface area contributed by atoms with Crippen LogP contribution in [0.3, 0.4) is 0 Å². The number of pyridine rings is 1. The molecule has 1 atom stereocenters. The van der Waals surface area contributed by atoms with E-state index >= 15 is 0 Å². The molecule has 0 saturated carbocycles. The number of carbonyl (C=O) groups is 1. The Balaban J connectivity index is 1.55. The summed E-state index contributed by atoms with van der Waals surface area (Å²) in [6, 6.07) is 13.6. The number of anilines is 1. The Labute approximate surface area is 208 Å². The average Bonchev–Trinajstić information content (AvgIpc) is 3.09. The van der Waals surface area contributed by atoms with E-state index in [2.05, 4.69) is 11.8 Å². The first-order chi connectivity index (χ1) is 16.4. The van der Waals surface area contributed by atoms with Gasteiger partial charge in [0.1, 0.15) is 15.8 Å². The highest BCUT2D eigenvalue weighted by Crippen LogP contribution is 2.35. The van der Waals surface area contributed by atoms with E-state index in [0.717, 1.165) is 37.1 Å². The molecule has 2 fully saturated rings. The Morgan fingerprint density at radius 1 is 1.18 bits per heavy atom. The summed E-state index contributed by atoms with van der Waals surface area (Å²) in [5.74, 6) is 0.989. The molecule has 174 valence electrons. The van der Waals surface area contributed by atoms with Crippen molar-refractivity contribution in [3.8, 4) is 0 Å². The van der Waals surface area contributed by atoms with Gasteiger partial charge in [-0.05, 0) is 49.5 Å². The van der Waals surface area contributed by atoms with Gasteiger partial charge in [0.15, 0.2) is 0 Å². The topological polar surface area (TPSA) is 57.9 Å². The van der Waals surface area contributed by atoms with Crippen LogP contribution in [0.15, 0.2) is 58.4 Å². The molecule has 2 aliphatic heterocycles. The maximum absolute atomic E-state index is 13.5. The number of thiocarbonyl (C=S) groups is 1. The summed E-state index contributed by atoms with van der Waals surface area (Å²) in [4.78, 5) is 35.9. The van der Waals surface area contributed by atoms with Crippen molar-refractivity contribution in [3.05, 3.63) is 80.6 Å². The summed E-state index contributed by atoms with van der Waals surface area (Å²) >= 11 is 6.78. The highest BCUT2D eigenvalue weighted by atomic mass is 32.2. The number of aryl methyl sites for hydroxylation is 1. The number of hydrogen-bond acceptors (Lipinski definition) is 6. The number of benzene rings is 1. The van der Waals surface area contributed by atoms with E-state index in [9.17, 15) is 9.59 Å². The summed E-state index contributed by atoms with van der Waals surface area (Å²) in [5.41, 5.74) is 3.04. The van der Waals surface area contributed by atoms with Gasteiger partial charge in [-0.25, -0.2) is 4.98 Å². The molecule has 0 bridgehead atoms. The molecule has 8 heteroatoms. The molecule has 2 aliphatic rings. The molecule has 0 spiro atoms. The van der Waals surface area contributed by atoms with Gasteiger partial charge in [-0.2, -0.15) is 0 Å². The molecule has 4 heterocycles. The Morgan fingerprint density at radius 2 is 1.97 bits per heavy atom. The van der Waals surface area contributed by atoms with Crippen LogP contribution in [0.5, 0.6) is 0 Å². The fourth-order valence-corrected chi connectivity index (χ4v) is 5.72. The SMILES string of the molecule is Cc1ccc(CN2C(=O)/C(=C\c3c(N4CCC[C@@H](C)C4)nc4ccccn4c3=O)SC2=S)cc1. The minimum atomic E-state index is -0.178. The number of fused-ring (bicyclic) bond motifs is 1. The van der Waals surface area contributed by atoms with Gasteiger partial charge in [-0.3, -0.25) is 18.9 Å². The van der Waals surface area contributed by atoms with Gasteiger partial charge in [0, 0.05) is 19.3 Å². The molecule has 0 aliphatic carbocycles. The van der Waals surface area contributed by atoms with Crippen molar-refractivity contribution in [3.63, 3.8) is 0 Å². The van der Waals surface area contributed by atoms with E-state index in [4.69, 9.17) is 17.2 Å². The minimum Gasteiger partial charge on any atom is -0.356 e. The van der Waals surface area contributed by atoms with Crippen LogP contribution in [0.1, 0.15) is 36.5 Å². The number of piperidine rings is 1. The molecule has 1 aromatic carbocycles. The summed E-state index contributed by atoms with van der Waals surface area (Å²) in [5, 5.41) is 0. The molecule has 0 unspecified atom stereocenters. The Hall–Kier alpha value is -2.97. The summed E-state index contributed by atoms with van der Waals surface area (Å²) in [6.45, 7) is 6.34. The quantitative estimate of drug-likeness (QED) is 0.392. The lowest BCUT2D eigenvalue weighted by atomic mass is 10.00. The van der Waals surface area contributed by atoms with E-state index in [0.29, 0.717) is 38.7 Å². The van der Waals surface area contributed by atoms with Gasteiger partial charge in [0.2, 0.25) is 0 Å². The Bertz CT molecular complexity index is 1360. The summed E-state index contributed by atoms with van der Waals surface area (Å²) < 4.78 is 2.04. The molecule has 3 aromatic rings. The predicted octanol–water partition coefficient (Wildman–Crippen LogP) is 4.64. The van der Waals surface area contributed by atoms with Crippen LogP contribution in [0.2, 0.25) is 0 Å². The zero-order chi connectivity index (χ0) is 23.8. The smallest absolute Gasteiger partial charge is 0.267 e. The van der Waals surface area contributed by atoms with E-state index in [-0.39, 0.29) is 11.5 Å². The van der Waals surface area contributed by atoms with Crippen molar-refractivity contribution in [1.82, 2.24) is 14.3 Å². The second kappa shape index (κ2) is 9.35. The Morgan fingerprint density at radius 3 is 2.74 bits per heavy atom. The van der Waals surface area contributed by atoms with Crippen LogP contribution in [0.25, 0.3) is 11.7 Å². The van der Waals surface area contributed by atoms with Crippen molar-refractivity contribution < 1.29 is 4.79 Å². The molecule has 6 nitrogen and oxygen atoms in total. The maximum atomic E-state index is 13.5. The molecule has 0 radical (unpaired) electrons. The second-order valence-electron chi connectivity index (χ2n) is 9.03. The van der Waals surface area contributed by atoms with Crippen molar-refractivity contribution in [2.75, 3.05) is 18.0 Å². The summed E-state index contributed by atoms with van der Waals surface area (Å²) in [6.07, 6.45) is 5.62. The highest BCUT2D eigenvalue weighted by Gasteiger charge is 2.33. The third kappa shape index (κ3) is 4.40.